The van der Waals surface area contributed by atoms with Crippen LogP contribution in [0.25, 0.3) is 0 Å². The van der Waals surface area contributed by atoms with Crippen LogP contribution in [0.3, 0.4) is 0 Å². The summed E-state index contributed by atoms with van der Waals surface area (Å²) in [5.74, 6) is 0.537. The molecule has 1 fully saturated rings. The van der Waals surface area contributed by atoms with Crippen LogP contribution in [0.4, 0.5) is 0 Å². The smallest absolute Gasteiger partial charge is 0.254 e. The van der Waals surface area contributed by atoms with Crippen LogP contribution < -0.4 is 5.56 Å². The number of rotatable bonds is 5. The van der Waals surface area contributed by atoms with E-state index in [2.05, 4.69) is 35.8 Å². The second kappa shape index (κ2) is 8.81. The van der Waals surface area contributed by atoms with Crippen LogP contribution in [0.1, 0.15) is 73.7 Å². The Morgan fingerprint density at radius 1 is 1.19 bits per heavy atom. The first-order valence-electron chi connectivity index (χ1n) is 11.8. The van der Waals surface area contributed by atoms with Crippen molar-refractivity contribution >= 4 is 5.91 Å². The SMILES string of the molecule is Cc1nn(C[C@H](C)C(=O)N2CCC[C@H]2c2nc3c(c(=O)[nH]2)CCN(C(C)C)C3)c(C)c1C. The zero-order valence-corrected chi connectivity index (χ0v) is 20.2. The molecule has 2 aliphatic rings. The minimum absolute atomic E-state index is 0.0427. The molecule has 2 aliphatic heterocycles. The Labute approximate surface area is 190 Å². The van der Waals surface area contributed by atoms with E-state index < -0.39 is 0 Å². The molecule has 2 aromatic rings. The minimum Gasteiger partial charge on any atom is -0.332 e. The van der Waals surface area contributed by atoms with Gasteiger partial charge in [-0.15, -0.1) is 0 Å². The summed E-state index contributed by atoms with van der Waals surface area (Å²) in [4.78, 5) is 38.4. The molecule has 8 heteroatoms. The maximum absolute atomic E-state index is 13.4. The van der Waals surface area contributed by atoms with E-state index in [-0.39, 0.29) is 23.4 Å². The Morgan fingerprint density at radius 3 is 2.59 bits per heavy atom. The molecule has 0 spiro atoms. The summed E-state index contributed by atoms with van der Waals surface area (Å²) in [5.41, 5.74) is 4.92. The lowest BCUT2D eigenvalue weighted by Gasteiger charge is -2.32. The van der Waals surface area contributed by atoms with Gasteiger partial charge in [-0.3, -0.25) is 19.2 Å². The van der Waals surface area contributed by atoms with Crippen molar-refractivity contribution in [1.29, 1.82) is 0 Å². The van der Waals surface area contributed by atoms with Gasteiger partial charge in [0.2, 0.25) is 5.91 Å². The van der Waals surface area contributed by atoms with Gasteiger partial charge in [0.25, 0.3) is 5.56 Å². The van der Waals surface area contributed by atoms with Gasteiger partial charge in [0.05, 0.1) is 29.9 Å². The van der Waals surface area contributed by atoms with Gasteiger partial charge < -0.3 is 9.88 Å². The van der Waals surface area contributed by atoms with Gasteiger partial charge in [0, 0.05) is 36.9 Å². The van der Waals surface area contributed by atoms with Crippen molar-refractivity contribution in [3.05, 3.63) is 44.4 Å². The number of hydrogen-bond donors (Lipinski definition) is 1. The van der Waals surface area contributed by atoms with Gasteiger partial charge in [-0.2, -0.15) is 5.10 Å². The fourth-order valence-corrected chi connectivity index (χ4v) is 4.98. The van der Waals surface area contributed by atoms with E-state index in [0.717, 1.165) is 48.5 Å². The maximum atomic E-state index is 13.4. The number of nitrogens with one attached hydrogen (secondary N) is 1. The molecule has 0 bridgehead atoms. The molecular formula is C24H36N6O2. The monoisotopic (exact) mass is 440 g/mol. The Balaban J connectivity index is 1.55. The van der Waals surface area contributed by atoms with Crippen molar-refractivity contribution in [3.63, 3.8) is 0 Å². The number of fused-ring (bicyclic) bond motifs is 1. The standard InChI is InChI=1S/C24H36N6O2/c1-14(2)28-11-9-19-20(13-28)25-22(26-23(19)31)21-8-7-10-29(21)24(32)15(3)12-30-18(6)16(4)17(5)27-30/h14-15,21H,7-13H2,1-6H3,(H,25,26,31)/t15-,21-/m0/s1. The van der Waals surface area contributed by atoms with Crippen LogP contribution >= 0.6 is 0 Å². The highest BCUT2D eigenvalue weighted by Crippen LogP contribution is 2.32. The quantitative estimate of drug-likeness (QED) is 0.772. The largest absolute Gasteiger partial charge is 0.332 e. The molecule has 0 unspecified atom stereocenters. The van der Waals surface area contributed by atoms with Gasteiger partial charge in [-0.1, -0.05) is 6.92 Å². The molecule has 0 radical (unpaired) electrons. The minimum atomic E-state index is -0.200. The first kappa shape index (κ1) is 22.7. The average molecular weight is 441 g/mol. The first-order valence-corrected chi connectivity index (χ1v) is 11.8. The van der Waals surface area contributed by atoms with Crippen molar-refractivity contribution in [2.75, 3.05) is 13.1 Å². The number of H-pyrrole nitrogens is 1. The highest BCUT2D eigenvalue weighted by molar-refractivity contribution is 5.79. The summed E-state index contributed by atoms with van der Waals surface area (Å²) in [7, 11) is 0. The van der Waals surface area contributed by atoms with Gasteiger partial charge in [0.1, 0.15) is 5.82 Å². The molecule has 174 valence electrons. The van der Waals surface area contributed by atoms with Crippen LogP contribution in [0.15, 0.2) is 4.79 Å². The predicted molar refractivity (Wildman–Crippen MR) is 123 cm³/mol. The summed E-state index contributed by atoms with van der Waals surface area (Å²) >= 11 is 0. The van der Waals surface area contributed by atoms with E-state index in [1.165, 1.54) is 5.56 Å². The van der Waals surface area contributed by atoms with Crippen LogP contribution in [-0.2, 0) is 24.3 Å². The van der Waals surface area contributed by atoms with Gasteiger partial charge in [-0.05, 0) is 59.4 Å². The van der Waals surface area contributed by atoms with Crippen molar-refractivity contribution in [2.45, 2.75) is 86.0 Å². The van der Waals surface area contributed by atoms with E-state index >= 15 is 0 Å². The molecule has 2 aromatic heterocycles. The van der Waals surface area contributed by atoms with E-state index in [1.54, 1.807) is 0 Å². The Hall–Kier alpha value is -2.48. The van der Waals surface area contributed by atoms with Gasteiger partial charge in [0.15, 0.2) is 0 Å². The lowest BCUT2D eigenvalue weighted by molar-refractivity contribution is -0.136. The van der Waals surface area contributed by atoms with Crippen molar-refractivity contribution in [2.24, 2.45) is 5.92 Å². The average Bonchev–Trinajstić information content (AvgIpc) is 3.34. The van der Waals surface area contributed by atoms with Gasteiger partial charge >= 0.3 is 0 Å². The molecule has 8 nitrogen and oxygen atoms in total. The van der Waals surface area contributed by atoms with Crippen LogP contribution in [0, 0.1) is 26.7 Å². The lowest BCUT2D eigenvalue weighted by Crippen LogP contribution is -2.41. The lowest BCUT2D eigenvalue weighted by atomic mass is 10.0. The van der Waals surface area contributed by atoms with E-state index in [9.17, 15) is 9.59 Å². The second-order valence-corrected chi connectivity index (χ2v) is 9.76. The predicted octanol–water partition coefficient (Wildman–Crippen LogP) is 2.66. The number of carbonyl (C=O) groups is 1. The summed E-state index contributed by atoms with van der Waals surface area (Å²) in [5, 5.41) is 4.60. The highest BCUT2D eigenvalue weighted by atomic mass is 16.2. The van der Waals surface area contributed by atoms with Crippen LogP contribution in [0.5, 0.6) is 0 Å². The number of hydrogen-bond acceptors (Lipinski definition) is 5. The number of nitrogens with zero attached hydrogens (tertiary/aromatic N) is 5. The van der Waals surface area contributed by atoms with Crippen molar-refractivity contribution in [1.82, 2.24) is 29.5 Å². The number of aryl methyl sites for hydroxylation is 1. The van der Waals surface area contributed by atoms with Crippen LogP contribution in [-0.4, -0.2) is 54.6 Å². The van der Waals surface area contributed by atoms with E-state index in [1.807, 2.05) is 30.4 Å². The first-order chi connectivity index (χ1) is 15.2. The number of likely N-dealkylation sites (tertiary alicyclic amines) is 1. The fourth-order valence-electron chi connectivity index (χ4n) is 4.98. The zero-order valence-electron chi connectivity index (χ0n) is 20.2. The summed E-state index contributed by atoms with van der Waals surface area (Å²) in [6.07, 6.45) is 2.47. The molecule has 4 rings (SSSR count). The van der Waals surface area contributed by atoms with Crippen molar-refractivity contribution < 1.29 is 4.79 Å². The molecule has 32 heavy (non-hydrogen) atoms. The molecule has 4 heterocycles. The Kier molecular flexibility index (Phi) is 6.25. The molecule has 1 amide bonds. The number of aromatic amines is 1. The summed E-state index contributed by atoms with van der Waals surface area (Å²) in [6.45, 7) is 15.2. The fraction of sp³-hybridized carbons (Fsp3) is 0.667. The topological polar surface area (TPSA) is 87.1 Å². The van der Waals surface area contributed by atoms with E-state index in [0.29, 0.717) is 31.5 Å². The maximum Gasteiger partial charge on any atom is 0.254 e. The zero-order chi connectivity index (χ0) is 23.2. The molecule has 1 saturated heterocycles. The molecule has 0 aromatic carbocycles. The molecule has 2 atom stereocenters. The van der Waals surface area contributed by atoms with Crippen molar-refractivity contribution in [3.8, 4) is 0 Å². The van der Waals surface area contributed by atoms with E-state index in [4.69, 9.17) is 4.98 Å². The molecule has 0 saturated carbocycles. The molecule has 0 aliphatic carbocycles. The van der Waals surface area contributed by atoms with Crippen LogP contribution in [0.2, 0.25) is 0 Å². The molecular weight excluding hydrogens is 404 g/mol. The molecule has 1 N–H and O–H groups in total. The normalized spacial score (nSPS) is 20.1. The summed E-state index contributed by atoms with van der Waals surface area (Å²) < 4.78 is 1.94. The third kappa shape index (κ3) is 4.12. The highest BCUT2D eigenvalue weighted by Gasteiger charge is 2.35. The third-order valence-electron chi connectivity index (χ3n) is 7.31. The second-order valence-electron chi connectivity index (χ2n) is 9.76. The number of amides is 1. The summed E-state index contributed by atoms with van der Waals surface area (Å²) in [6, 6.07) is 0.246. The number of carbonyl (C=O) groups excluding carboxylic acids is 1. The number of aromatic nitrogens is 4. The Morgan fingerprint density at radius 2 is 1.94 bits per heavy atom. The third-order valence-corrected chi connectivity index (χ3v) is 7.31. The Bertz CT molecular complexity index is 1070. The van der Waals surface area contributed by atoms with Gasteiger partial charge in [-0.25, -0.2) is 4.98 Å².